The van der Waals surface area contributed by atoms with Crippen LogP contribution in [0.15, 0.2) is 0 Å². The van der Waals surface area contributed by atoms with Gasteiger partial charge in [-0.25, -0.2) is 0 Å². The molecule has 0 saturated carbocycles. The molecule has 0 aromatic rings. The minimum absolute atomic E-state index is 0.132. The Hall–Kier alpha value is -0.240. The van der Waals surface area contributed by atoms with E-state index in [1.54, 1.807) is 0 Å². The van der Waals surface area contributed by atoms with Crippen molar-refractivity contribution in [3.63, 3.8) is 0 Å². The van der Waals surface area contributed by atoms with Gasteiger partial charge in [-0.1, -0.05) is 41.5 Å². The Balaban J connectivity index is 4.61. The summed E-state index contributed by atoms with van der Waals surface area (Å²) >= 11 is 5.70. The van der Waals surface area contributed by atoms with Crippen molar-refractivity contribution in [3.05, 3.63) is 0 Å². The second-order valence-corrected chi connectivity index (χ2v) is 6.96. The van der Waals surface area contributed by atoms with E-state index >= 15 is 0 Å². The minimum atomic E-state index is -0.308. The third-order valence-corrected chi connectivity index (χ3v) is 2.42. The molecule has 0 aliphatic carbocycles. The molecule has 96 valence electrons. The third-order valence-electron chi connectivity index (χ3n) is 2.16. The van der Waals surface area contributed by atoms with Gasteiger partial charge in [-0.15, -0.1) is 11.6 Å². The quantitative estimate of drug-likeness (QED) is 0.696. The SMILES string of the molecule is CC(C)(C)CN(CCCCl)C(=O)C(C)(C)C. The number of halogens is 1. The molecule has 3 heteroatoms. The zero-order valence-electron chi connectivity index (χ0n) is 11.6. The van der Waals surface area contributed by atoms with Gasteiger partial charge in [0.05, 0.1) is 0 Å². The molecule has 2 nitrogen and oxygen atoms in total. The number of carbonyl (C=O) groups is 1. The average Bonchev–Trinajstić information content (AvgIpc) is 2.07. The summed E-state index contributed by atoms with van der Waals surface area (Å²) in [5.74, 6) is 0.825. The third kappa shape index (κ3) is 6.37. The molecule has 1 amide bonds. The standard InChI is InChI=1S/C13H26ClNO/c1-12(2,3)10-15(9-7-8-14)11(16)13(4,5)6/h7-10H2,1-6H3. The molecule has 0 radical (unpaired) electrons. The normalized spacial score (nSPS) is 12.7. The van der Waals surface area contributed by atoms with E-state index in [0.717, 1.165) is 19.5 Å². The molecule has 0 bridgehead atoms. The topological polar surface area (TPSA) is 20.3 Å². The molecule has 0 saturated heterocycles. The first-order chi connectivity index (χ1) is 7.08. The lowest BCUT2D eigenvalue weighted by Gasteiger charge is -2.34. The van der Waals surface area contributed by atoms with Crippen molar-refractivity contribution < 1.29 is 4.79 Å². The summed E-state index contributed by atoms with van der Waals surface area (Å²) in [5, 5.41) is 0. The molecule has 0 heterocycles. The van der Waals surface area contributed by atoms with Gasteiger partial charge in [0.25, 0.3) is 0 Å². The molecule has 0 fully saturated rings. The minimum Gasteiger partial charge on any atom is -0.342 e. The molecule has 0 N–H and O–H groups in total. The van der Waals surface area contributed by atoms with E-state index in [-0.39, 0.29) is 16.7 Å². The van der Waals surface area contributed by atoms with Gasteiger partial charge in [0.2, 0.25) is 5.91 Å². The maximum Gasteiger partial charge on any atom is 0.227 e. The summed E-state index contributed by atoms with van der Waals surface area (Å²) in [6, 6.07) is 0. The number of carbonyl (C=O) groups excluding carboxylic acids is 1. The lowest BCUT2D eigenvalue weighted by atomic mass is 9.91. The largest absolute Gasteiger partial charge is 0.342 e. The van der Waals surface area contributed by atoms with E-state index in [1.165, 1.54) is 0 Å². The van der Waals surface area contributed by atoms with Crippen molar-refractivity contribution in [2.75, 3.05) is 19.0 Å². The second-order valence-electron chi connectivity index (χ2n) is 6.58. The van der Waals surface area contributed by atoms with Gasteiger partial charge >= 0.3 is 0 Å². The van der Waals surface area contributed by atoms with E-state index < -0.39 is 0 Å². The van der Waals surface area contributed by atoms with Gasteiger partial charge in [0, 0.05) is 24.4 Å². The summed E-state index contributed by atoms with van der Waals surface area (Å²) in [6.45, 7) is 13.9. The number of amides is 1. The molecule has 16 heavy (non-hydrogen) atoms. The predicted octanol–water partition coefficient (Wildman–Crippen LogP) is 3.54. The maximum atomic E-state index is 12.2. The Kier molecular flexibility index (Phi) is 5.81. The van der Waals surface area contributed by atoms with Crippen molar-refractivity contribution >= 4 is 17.5 Å². The zero-order valence-corrected chi connectivity index (χ0v) is 12.3. The van der Waals surface area contributed by atoms with Gasteiger partial charge in [-0.2, -0.15) is 0 Å². The van der Waals surface area contributed by atoms with Gasteiger partial charge in [-0.3, -0.25) is 4.79 Å². The highest BCUT2D eigenvalue weighted by Gasteiger charge is 2.29. The first-order valence-electron chi connectivity index (χ1n) is 5.93. The van der Waals surface area contributed by atoms with Crippen LogP contribution < -0.4 is 0 Å². The second kappa shape index (κ2) is 5.90. The first kappa shape index (κ1) is 15.8. The first-order valence-corrected chi connectivity index (χ1v) is 6.47. The fourth-order valence-corrected chi connectivity index (χ4v) is 1.67. The number of hydrogen-bond acceptors (Lipinski definition) is 1. The number of hydrogen-bond donors (Lipinski definition) is 0. The molecule has 0 aliphatic rings. The molecule has 0 aliphatic heterocycles. The zero-order chi connectivity index (χ0) is 13.0. The Morgan fingerprint density at radius 2 is 1.62 bits per heavy atom. The highest BCUT2D eigenvalue weighted by atomic mass is 35.5. The van der Waals surface area contributed by atoms with Crippen LogP contribution in [0.3, 0.4) is 0 Å². The smallest absolute Gasteiger partial charge is 0.227 e. The highest BCUT2D eigenvalue weighted by Crippen LogP contribution is 2.22. The van der Waals surface area contributed by atoms with Gasteiger partial charge < -0.3 is 4.90 Å². The highest BCUT2D eigenvalue weighted by molar-refractivity contribution is 6.17. The van der Waals surface area contributed by atoms with Crippen molar-refractivity contribution in [1.29, 1.82) is 0 Å². The van der Waals surface area contributed by atoms with E-state index in [2.05, 4.69) is 20.8 Å². The van der Waals surface area contributed by atoms with Crippen LogP contribution in [0, 0.1) is 10.8 Å². The van der Waals surface area contributed by atoms with Crippen molar-refractivity contribution in [2.45, 2.75) is 48.0 Å². The van der Waals surface area contributed by atoms with Crippen LogP contribution in [0.1, 0.15) is 48.0 Å². The molecule has 0 aromatic heterocycles. The maximum absolute atomic E-state index is 12.2. The summed E-state index contributed by atoms with van der Waals surface area (Å²) in [5.41, 5.74) is -0.176. The molecule has 0 atom stereocenters. The fourth-order valence-electron chi connectivity index (χ4n) is 1.55. The lowest BCUT2D eigenvalue weighted by Crippen LogP contribution is -2.44. The van der Waals surface area contributed by atoms with Crippen LogP contribution in [-0.2, 0) is 4.79 Å². The van der Waals surface area contributed by atoms with E-state index in [4.69, 9.17) is 11.6 Å². The Bertz CT molecular complexity index is 225. The molecular weight excluding hydrogens is 222 g/mol. The summed E-state index contributed by atoms with van der Waals surface area (Å²) in [4.78, 5) is 14.2. The monoisotopic (exact) mass is 247 g/mol. The summed E-state index contributed by atoms with van der Waals surface area (Å²) in [6.07, 6.45) is 0.861. The van der Waals surface area contributed by atoms with Gasteiger partial charge in [-0.05, 0) is 11.8 Å². The van der Waals surface area contributed by atoms with Crippen molar-refractivity contribution in [2.24, 2.45) is 10.8 Å². The molecule has 0 spiro atoms. The predicted molar refractivity (Wildman–Crippen MR) is 70.8 cm³/mol. The van der Waals surface area contributed by atoms with Crippen molar-refractivity contribution in [1.82, 2.24) is 4.90 Å². The number of nitrogens with zero attached hydrogens (tertiary/aromatic N) is 1. The molecule has 0 aromatic carbocycles. The van der Waals surface area contributed by atoms with Crippen LogP contribution >= 0.6 is 11.6 Å². The molecule has 0 rings (SSSR count). The molecular formula is C13H26ClNO. The number of rotatable bonds is 4. The lowest BCUT2D eigenvalue weighted by molar-refractivity contribution is -0.140. The van der Waals surface area contributed by atoms with Gasteiger partial charge in [0.1, 0.15) is 0 Å². The Morgan fingerprint density at radius 1 is 1.12 bits per heavy atom. The van der Waals surface area contributed by atoms with Crippen molar-refractivity contribution in [3.8, 4) is 0 Å². The van der Waals surface area contributed by atoms with E-state index in [1.807, 2.05) is 25.7 Å². The van der Waals surface area contributed by atoms with Crippen LogP contribution in [0.2, 0.25) is 0 Å². The average molecular weight is 248 g/mol. The van der Waals surface area contributed by atoms with Crippen LogP contribution in [0.25, 0.3) is 0 Å². The molecule has 0 unspecified atom stereocenters. The fraction of sp³-hybridized carbons (Fsp3) is 0.923. The Morgan fingerprint density at radius 3 is 1.94 bits per heavy atom. The Labute approximate surface area is 105 Å². The van der Waals surface area contributed by atoms with E-state index in [0.29, 0.717) is 5.88 Å². The summed E-state index contributed by atoms with van der Waals surface area (Å²) in [7, 11) is 0. The summed E-state index contributed by atoms with van der Waals surface area (Å²) < 4.78 is 0. The van der Waals surface area contributed by atoms with Crippen LogP contribution in [0.5, 0.6) is 0 Å². The van der Waals surface area contributed by atoms with E-state index in [9.17, 15) is 4.79 Å². The van der Waals surface area contributed by atoms with Gasteiger partial charge in [0.15, 0.2) is 0 Å². The van der Waals surface area contributed by atoms with Crippen LogP contribution in [0.4, 0.5) is 0 Å². The number of alkyl halides is 1. The van der Waals surface area contributed by atoms with Crippen LogP contribution in [-0.4, -0.2) is 29.8 Å².